The zero-order valence-electron chi connectivity index (χ0n) is 13.3. The number of para-hydroxylation sites is 1. The zero-order chi connectivity index (χ0) is 16.3. The molecule has 1 atom stereocenters. The van der Waals surface area contributed by atoms with Crippen molar-refractivity contribution in [3.63, 3.8) is 0 Å². The van der Waals surface area contributed by atoms with E-state index in [4.69, 9.17) is 4.74 Å². The smallest absolute Gasteiger partial charge is 0.236 e. The Balaban J connectivity index is 1.62. The number of fused-ring (bicyclic) bond motifs is 1. The van der Waals surface area contributed by atoms with Gasteiger partial charge in [0.05, 0.1) is 19.7 Å². The highest BCUT2D eigenvalue weighted by Gasteiger charge is 2.35. The summed E-state index contributed by atoms with van der Waals surface area (Å²) >= 11 is 0. The predicted octanol–water partition coefficient (Wildman–Crippen LogP) is 0.227. The van der Waals surface area contributed by atoms with Crippen LogP contribution < -0.4 is 4.74 Å². The standard InChI is InChI=1S/C17H24N2O4/c20-13-17(22)6-3-7-19(12-17)16(21)11-18-8-9-23-15-5-2-1-4-14(15)10-18/h1-2,4-5,20,22H,3,6-13H2/t17-/m0/s1. The number of aliphatic hydroxyl groups is 2. The van der Waals surface area contributed by atoms with E-state index in [0.29, 0.717) is 39.2 Å². The third-order valence-corrected chi connectivity index (χ3v) is 4.59. The number of likely N-dealkylation sites (tertiary alicyclic amines) is 1. The fourth-order valence-corrected chi connectivity index (χ4v) is 3.26. The number of amides is 1. The Morgan fingerprint density at radius 1 is 1.30 bits per heavy atom. The summed E-state index contributed by atoms with van der Waals surface area (Å²) in [5.74, 6) is 0.881. The Labute approximate surface area is 136 Å². The van der Waals surface area contributed by atoms with Crippen molar-refractivity contribution in [2.75, 3.05) is 39.4 Å². The Hall–Kier alpha value is -1.63. The lowest BCUT2D eigenvalue weighted by Crippen LogP contribution is -2.54. The normalized spacial score (nSPS) is 25.4. The van der Waals surface area contributed by atoms with Gasteiger partial charge in [-0.25, -0.2) is 0 Å². The van der Waals surface area contributed by atoms with Gasteiger partial charge in [-0.2, -0.15) is 0 Å². The molecule has 0 radical (unpaired) electrons. The Bertz CT molecular complexity index is 565. The van der Waals surface area contributed by atoms with Crippen LogP contribution in [0.2, 0.25) is 0 Å². The third kappa shape index (κ3) is 3.83. The van der Waals surface area contributed by atoms with Gasteiger partial charge in [-0.1, -0.05) is 18.2 Å². The van der Waals surface area contributed by atoms with E-state index in [2.05, 4.69) is 4.90 Å². The quantitative estimate of drug-likeness (QED) is 0.834. The molecule has 1 aromatic carbocycles. The minimum atomic E-state index is -1.15. The molecule has 0 spiro atoms. The molecular weight excluding hydrogens is 296 g/mol. The van der Waals surface area contributed by atoms with Crippen molar-refractivity contribution in [2.24, 2.45) is 0 Å². The average Bonchev–Trinajstić information content (AvgIpc) is 2.76. The molecule has 0 saturated carbocycles. The van der Waals surface area contributed by atoms with Gasteiger partial charge in [-0.15, -0.1) is 0 Å². The summed E-state index contributed by atoms with van der Waals surface area (Å²) in [5.41, 5.74) is -0.0640. The van der Waals surface area contributed by atoms with Crippen LogP contribution in [-0.4, -0.2) is 70.9 Å². The maximum Gasteiger partial charge on any atom is 0.236 e. The molecule has 2 N–H and O–H groups in total. The molecule has 23 heavy (non-hydrogen) atoms. The van der Waals surface area contributed by atoms with E-state index in [1.54, 1.807) is 4.90 Å². The van der Waals surface area contributed by atoms with Gasteiger partial charge < -0.3 is 19.8 Å². The fourth-order valence-electron chi connectivity index (χ4n) is 3.26. The number of carbonyl (C=O) groups is 1. The maximum atomic E-state index is 12.5. The highest BCUT2D eigenvalue weighted by Crippen LogP contribution is 2.23. The van der Waals surface area contributed by atoms with Gasteiger partial charge in [0.25, 0.3) is 0 Å². The van der Waals surface area contributed by atoms with Crippen molar-refractivity contribution in [2.45, 2.75) is 25.0 Å². The first-order chi connectivity index (χ1) is 11.1. The van der Waals surface area contributed by atoms with Gasteiger partial charge in [0, 0.05) is 25.2 Å². The molecular formula is C17H24N2O4. The number of aliphatic hydroxyl groups excluding tert-OH is 1. The SMILES string of the molecule is O=C(CN1CCOc2ccccc2C1)N1CCC[C@@](O)(CO)C1. The van der Waals surface area contributed by atoms with Crippen molar-refractivity contribution < 1.29 is 19.7 Å². The molecule has 0 aliphatic carbocycles. The van der Waals surface area contributed by atoms with Gasteiger partial charge in [0.1, 0.15) is 18.0 Å². The van der Waals surface area contributed by atoms with Gasteiger partial charge in [-0.3, -0.25) is 9.69 Å². The van der Waals surface area contributed by atoms with E-state index < -0.39 is 5.60 Å². The van der Waals surface area contributed by atoms with Crippen molar-refractivity contribution in [3.8, 4) is 5.75 Å². The largest absolute Gasteiger partial charge is 0.492 e. The molecule has 1 amide bonds. The number of nitrogens with zero attached hydrogens (tertiary/aromatic N) is 2. The number of benzene rings is 1. The monoisotopic (exact) mass is 320 g/mol. The van der Waals surface area contributed by atoms with Gasteiger partial charge in [0.15, 0.2) is 0 Å². The molecule has 1 saturated heterocycles. The summed E-state index contributed by atoms with van der Waals surface area (Å²) in [5, 5.41) is 19.5. The first kappa shape index (κ1) is 16.2. The van der Waals surface area contributed by atoms with Crippen LogP contribution in [0.15, 0.2) is 24.3 Å². The first-order valence-corrected chi connectivity index (χ1v) is 8.14. The zero-order valence-corrected chi connectivity index (χ0v) is 13.3. The highest BCUT2D eigenvalue weighted by molar-refractivity contribution is 5.78. The molecule has 0 unspecified atom stereocenters. The van der Waals surface area contributed by atoms with Crippen LogP contribution in [0.5, 0.6) is 5.75 Å². The average molecular weight is 320 g/mol. The van der Waals surface area contributed by atoms with E-state index in [-0.39, 0.29) is 19.1 Å². The van der Waals surface area contributed by atoms with Crippen molar-refractivity contribution in [3.05, 3.63) is 29.8 Å². The summed E-state index contributed by atoms with van der Waals surface area (Å²) in [6, 6.07) is 7.89. The minimum Gasteiger partial charge on any atom is -0.492 e. The lowest BCUT2D eigenvalue weighted by atomic mass is 9.94. The van der Waals surface area contributed by atoms with Gasteiger partial charge >= 0.3 is 0 Å². The second-order valence-corrected chi connectivity index (χ2v) is 6.47. The van der Waals surface area contributed by atoms with Crippen LogP contribution in [-0.2, 0) is 11.3 Å². The molecule has 1 aromatic rings. The number of hydrogen-bond donors (Lipinski definition) is 2. The van der Waals surface area contributed by atoms with Crippen molar-refractivity contribution in [1.29, 1.82) is 0 Å². The van der Waals surface area contributed by atoms with Crippen LogP contribution >= 0.6 is 0 Å². The summed E-state index contributed by atoms with van der Waals surface area (Å²) in [6.45, 7) is 2.79. The topological polar surface area (TPSA) is 73.2 Å². The van der Waals surface area contributed by atoms with Gasteiger partial charge in [0.2, 0.25) is 5.91 Å². The molecule has 2 heterocycles. The second kappa shape index (κ2) is 6.86. The molecule has 2 aliphatic heterocycles. The van der Waals surface area contributed by atoms with Crippen LogP contribution in [0.25, 0.3) is 0 Å². The summed E-state index contributed by atoms with van der Waals surface area (Å²) in [4.78, 5) is 16.3. The highest BCUT2D eigenvalue weighted by atomic mass is 16.5. The maximum absolute atomic E-state index is 12.5. The lowest BCUT2D eigenvalue weighted by molar-refractivity contribution is -0.142. The number of hydrogen-bond acceptors (Lipinski definition) is 5. The van der Waals surface area contributed by atoms with Crippen LogP contribution in [0, 0.1) is 0 Å². The number of ether oxygens (including phenoxy) is 1. The summed E-state index contributed by atoms with van der Waals surface area (Å²) in [7, 11) is 0. The number of piperidine rings is 1. The van der Waals surface area contributed by atoms with E-state index >= 15 is 0 Å². The molecule has 3 rings (SSSR count). The summed E-state index contributed by atoms with van der Waals surface area (Å²) in [6.07, 6.45) is 1.26. The fraction of sp³-hybridized carbons (Fsp3) is 0.588. The first-order valence-electron chi connectivity index (χ1n) is 8.14. The third-order valence-electron chi connectivity index (χ3n) is 4.59. The van der Waals surface area contributed by atoms with Gasteiger partial charge in [-0.05, 0) is 18.9 Å². The molecule has 2 aliphatic rings. The minimum absolute atomic E-state index is 0.00374. The Morgan fingerprint density at radius 2 is 2.13 bits per heavy atom. The molecule has 1 fully saturated rings. The van der Waals surface area contributed by atoms with Crippen molar-refractivity contribution in [1.82, 2.24) is 9.80 Å². The van der Waals surface area contributed by atoms with E-state index in [1.165, 1.54) is 0 Å². The molecule has 126 valence electrons. The van der Waals surface area contributed by atoms with Crippen LogP contribution in [0.3, 0.4) is 0 Å². The molecule has 0 aromatic heterocycles. The number of β-amino-alcohol motifs (C(OH)–C–C–N with tert-alkyl or cyclic N) is 1. The van der Waals surface area contributed by atoms with Crippen LogP contribution in [0.4, 0.5) is 0 Å². The Kier molecular flexibility index (Phi) is 4.84. The van der Waals surface area contributed by atoms with Crippen LogP contribution in [0.1, 0.15) is 18.4 Å². The number of carbonyl (C=O) groups excluding carboxylic acids is 1. The lowest BCUT2D eigenvalue weighted by Gasteiger charge is -2.38. The predicted molar refractivity (Wildman–Crippen MR) is 85.1 cm³/mol. The van der Waals surface area contributed by atoms with E-state index in [0.717, 1.165) is 17.7 Å². The Morgan fingerprint density at radius 3 is 2.96 bits per heavy atom. The number of rotatable bonds is 3. The molecule has 0 bridgehead atoms. The van der Waals surface area contributed by atoms with E-state index in [1.807, 2.05) is 24.3 Å². The summed E-state index contributed by atoms with van der Waals surface area (Å²) < 4.78 is 5.72. The van der Waals surface area contributed by atoms with Crippen molar-refractivity contribution >= 4 is 5.91 Å². The molecule has 6 heteroatoms. The molecule has 6 nitrogen and oxygen atoms in total. The van der Waals surface area contributed by atoms with E-state index in [9.17, 15) is 15.0 Å². The second-order valence-electron chi connectivity index (χ2n) is 6.47.